The highest BCUT2D eigenvalue weighted by molar-refractivity contribution is 6.33. The molecule has 2 N–H and O–H groups in total. The number of furan rings is 1. The van der Waals surface area contributed by atoms with Gasteiger partial charge in [-0.2, -0.15) is 5.10 Å². The Morgan fingerprint density at radius 1 is 1.14 bits per heavy atom. The van der Waals surface area contributed by atoms with Gasteiger partial charge in [0.1, 0.15) is 17.3 Å². The van der Waals surface area contributed by atoms with Crippen LogP contribution >= 0.6 is 11.6 Å². The normalized spacial score (nSPS) is 10.8. The van der Waals surface area contributed by atoms with Gasteiger partial charge in [-0.15, -0.1) is 0 Å². The number of aryl methyl sites for hydroxylation is 1. The van der Waals surface area contributed by atoms with Gasteiger partial charge in [0, 0.05) is 36.0 Å². The Hall–Kier alpha value is -3.38. The summed E-state index contributed by atoms with van der Waals surface area (Å²) in [4.78, 5) is 15.6. The predicted molar refractivity (Wildman–Crippen MR) is 109 cm³/mol. The topological polar surface area (TPSA) is 83.8 Å². The van der Waals surface area contributed by atoms with Crippen molar-refractivity contribution in [1.82, 2.24) is 15.2 Å². The average Bonchev–Trinajstić information content (AvgIpc) is 3.32. The minimum Gasteiger partial charge on any atom is -0.455 e. The van der Waals surface area contributed by atoms with Crippen LogP contribution in [0.3, 0.4) is 0 Å². The van der Waals surface area contributed by atoms with Crippen molar-refractivity contribution in [3.05, 3.63) is 65.4 Å². The maximum atomic E-state index is 11.4. The van der Waals surface area contributed by atoms with Gasteiger partial charge in [0.15, 0.2) is 0 Å². The first-order valence-electron chi connectivity index (χ1n) is 8.66. The Morgan fingerprint density at radius 2 is 1.96 bits per heavy atom. The summed E-state index contributed by atoms with van der Waals surface area (Å²) < 4.78 is 6.26. The van der Waals surface area contributed by atoms with E-state index >= 15 is 0 Å². The van der Waals surface area contributed by atoms with Gasteiger partial charge >= 0.3 is 0 Å². The van der Waals surface area contributed by atoms with Gasteiger partial charge in [-0.05, 0) is 42.8 Å². The molecule has 3 heterocycles. The molecular formula is C21H17ClN4O2. The molecule has 0 fully saturated rings. The fourth-order valence-electron chi connectivity index (χ4n) is 3.01. The van der Waals surface area contributed by atoms with E-state index in [1.165, 1.54) is 6.92 Å². The summed E-state index contributed by atoms with van der Waals surface area (Å²) in [5.74, 6) is 1.57. The molecule has 0 spiro atoms. The molecule has 0 aliphatic heterocycles. The van der Waals surface area contributed by atoms with Gasteiger partial charge in [-0.3, -0.25) is 9.89 Å². The number of H-pyrrole nitrogens is 1. The van der Waals surface area contributed by atoms with Crippen molar-refractivity contribution < 1.29 is 9.21 Å². The molecule has 0 unspecified atom stereocenters. The Morgan fingerprint density at radius 3 is 2.68 bits per heavy atom. The number of carbonyl (C=O) groups excluding carboxylic acids is 1. The first-order valence-corrected chi connectivity index (χ1v) is 9.04. The number of amides is 1. The van der Waals surface area contributed by atoms with Gasteiger partial charge in [-0.25, -0.2) is 4.98 Å². The van der Waals surface area contributed by atoms with Crippen molar-refractivity contribution in [2.45, 2.75) is 13.8 Å². The fourth-order valence-corrected chi connectivity index (χ4v) is 3.23. The van der Waals surface area contributed by atoms with Crippen molar-refractivity contribution >= 4 is 23.3 Å². The van der Waals surface area contributed by atoms with E-state index < -0.39 is 0 Å². The Balaban J connectivity index is 1.90. The van der Waals surface area contributed by atoms with Crippen LogP contribution < -0.4 is 5.32 Å². The number of hydrogen-bond acceptors (Lipinski definition) is 4. The van der Waals surface area contributed by atoms with Crippen LogP contribution in [-0.2, 0) is 4.79 Å². The standard InChI is InChI=1S/C21H17ClN4O2/c1-12-11-23-20(25-13(2)27)10-15(12)19-9-16(18-7-8-24-26-18)21(28-19)14-5-3-4-6-17(14)22/h3-11H,1-2H3,(H,24,26)(H,23,25,27). The second-order valence-corrected chi connectivity index (χ2v) is 6.78. The van der Waals surface area contributed by atoms with E-state index in [2.05, 4.69) is 20.5 Å². The van der Waals surface area contributed by atoms with Crippen molar-refractivity contribution in [3.63, 3.8) is 0 Å². The van der Waals surface area contributed by atoms with Crippen LogP contribution in [0, 0.1) is 6.92 Å². The zero-order chi connectivity index (χ0) is 19.7. The van der Waals surface area contributed by atoms with E-state index in [1.54, 1.807) is 18.5 Å². The number of carbonyl (C=O) groups is 1. The van der Waals surface area contributed by atoms with Crippen molar-refractivity contribution in [1.29, 1.82) is 0 Å². The molecule has 0 saturated heterocycles. The third-order valence-electron chi connectivity index (χ3n) is 4.31. The third kappa shape index (κ3) is 3.42. The summed E-state index contributed by atoms with van der Waals surface area (Å²) >= 11 is 6.42. The number of rotatable bonds is 4. The second kappa shape index (κ2) is 7.32. The summed E-state index contributed by atoms with van der Waals surface area (Å²) in [6.45, 7) is 3.38. The molecule has 0 aliphatic rings. The van der Waals surface area contributed by atoms with E-state index in [0.29, 0.717) is 22.4 Å². The number of aromatic nitrogens is 3. The molecule has 140 valence electrons. The van der Waals surface area contributed by atoms with E-state index in [-0.39, 0.29) is 5.91 Å². The number of nitrogens with zero attached hydrogens (tertiary/aromatic N) is 2. The monoisotopic (exact) mass is 392 g/mol. The Kier molecular flexibility index (Phi) is 4.71. The van der Waals surface area contributed by atoms with Crippen molar-refractivity contribution in [2.75, 3.05) is 5.32 Å². The van der Waals surface area contributed by atoms with Crippen LogP contribution in [0.4, 0.5) is 5.82 Å². The molecule has 7 heteroatoms. The number of aromatic amines is 1. The molecule has 0 atom stereocenters. The molecule has 4 rings (SSSR count). The minimum absolute atomic E-state index is 0.184. The molecule has 1 amide bonds. The van der Waals surface area contributed by atoms with Gasteiger partial charge in [0.2, 0.25) is 5.91 Å². The molecule has 0 radical (unpaired) electrons. The van der Waals surface area contributed by atoms with Crippen molar-refractivity contribution in [2.24, 2.45) is 0 Å². The quantitative estimate of drug-likeness (QED) is 0.492. The van der Waals surface area contributed by atoms with Gasteiger partial charge in [0.05, 0.1) is 10.7 Å². The second-order valence-electron chi connectivity index (χ2n) is 6.37. The molecule has 3 aromatic heterocycles. The van der Waals surface area contributed by atoms with Crippen LogP contribution in [0.2, 0.25) is 5.02 Å². The molecule has 4 aromatic rings. The lowest BCUT2D eigenvalue weighted by atomic mass is 10.0. The lowest BCUT2D eigenvalue weighted by Gasteiger charge is -2.06. The number of halogens is 1. The smallest absolute Gasteiger partial charge is 0.222 e. The molecule has 0 saturated carbocycles. The molecule has 6 nitrogen and oxygen atoms in total. The largest absolute Gasteiger partial charge is 0.455 e. The maximum absolute atomic E-state index is 11.4. The van der Waals surface area contributed by atoms with Crippen LogP contribution in [0.5, 0.6) is 0 Å². The Labute approximate surface area is 166 Å². The van der Waals surface area contributed by atoms with Gasteiger partial charge < -0.3 is 9.73 Å². The minimum atomic E-state index is -0.184. The van der Waals surface area contributed by atoms with Crippen LogP contribution in [0.15, 0.2) is 59.3 Å². The average molecular weight is 393 g/mol. The van der Waals surface area contributed by atoms with Crippen LogP contribution in [0.1, 0.15) is 12.5 Å². The maximum Gasteiger partial charge on any atom is 0.222 e. The number of nitrogens with one attached hydrogen (secondary N) is 2. The predicted octanol–water partition coefficient (Wildman–Crippen LogP) is 5.32. The molecular weight excluding hydrogens is 376 g/mol. The summed E-state index contributed by atoms with van der Waals surface area (Å²) in [6, 6.07) is 13.1. The lowest BCUT2D eigenvalue weighted by Crippen LogP contribution is -2.07. The number of anilines is 1. The Bertz CT molecular complexity index is 1150. The van der Waals surface area contributed by atoms with E-state index in [0.717, 1.165) is 27.9 Å². The zero-order valence-electron chi connectivity index (χ0n) is 15.3. The first-order chi connectivity index (χ1) is 13.5. The van der Waals surface area contributed by atoms with Crippen LogP contribution in [0.25, 0.3) is 33.9 Å². The zero-order valence-corrected chi connectivity index (χ0v) is 16.0. The highest BCUT2D eigenvalue weighted by Crippen LogP contribution is 2.41. The highest BCUT2D eigenvalue weighted by atomic mass is 35.5. The van der Waals surface area contributed by atoms with E-state index in [1.807, 2.05) is 43.3 Å². The van der Waals surface area contributed by atoms with Gasteiger partial charge in [0.25, 0.3) is 0 Å². The molecule has 0 aliphatic carbocycles. The molecule has 28 heavy (non-hydrogen) atoms. The fraction of sp³-hybridized carbons (Fsp3) is 0.0952. The summed E-state index contributed by atoms with van der Waals surface area (Å²) in [6.07, 6.45) is 3.39. The SMILES string of the molecule is CC(=O)Nc1cc(-c2cc(-c3ccn[nH]3)c(-c3ccccc3Cl)o2)c(C)cn1. The first kappa shape index (κ1) is 18.0. The third-order valence-corrected chi connectivity index (χ3v) is 4.64. The van der Waals surface area contributed by atoms with E-state index in [4.69, 9.17) is 16.0 Å². The lowest BCUT2D eigenvalue weighted by molar-refractivity contribution is -0.114. The summed E-state index contributed by atoms with van der Waals surface area (Å²) in [5.41, 5.74) is 4.20. The molecule has 0 bridgehead atoms. The number of pyridine rings is 1. The number of benzene rings is 1. The van der Waals surface area contributed by atoms with E-state index in [9.17, 15) is 4.79 Å². The highest BCUT2D eigenvalue weighted by Gasteiger charge is 2.20. The summed E-state index contributed by atoms with van der Waals surface area (Å²) in [5, 5.41) is 10.3. The van der Waals surface area contributed by atoms with Crippen molar-refractivity contribution in [3.8, 4) is 33.9 Å². The van der Waals surface area contributed by atoms with Crippen LogP contribution in [-0.4, -0.2) is 21.1 Å². The summed E-state index contributed by atoms with van der Waals surface area (Å²) in [7, 11) is 0. The van der Waals surface area contributed by atoms with Gasteiger partial charge in [-0.1, -0.05) is 23.7 Å². The molecule has 1 aromatic carbocycles. The number of hydrogen-bond donors (Lipinski definition) is 2.